The van der Waals surface area contributed by atoms with E-state index in [2.05, 4.69) is 94.1 Å². The quantitative estimate of drug-likeness (QED) is 0.187. The first kappa shape index (κ1) is 28.1. The van der Waals surface area contributed by atoms with E-state index in [1.165, 1.54) is 0 Å². The zero-order valence-electron chi connectivity index (χ0n) is 26.7. The lowest BCUT2D eigenvalue weighted by Gasteiger charge is -2.13. The van der Waals surface area contributed by atoms with Crippen LogP contribution in [0.5, 0.6) is 0 Å². The molecule has 10 rings (SSSR count). The van der Waals surface area contributed by atoms with Crippen molar-refractivity contribution in [2.24, 2.45) is 0 Å². The maximum absolute atomic E-state index is 5.06. The average Bonchev–Trinajstić information content (AvgIpc) is 3.72. The second kappa shape index (κ2) is 11.3. The van der Waals surface area contributed by atoms with Crippen LogP contribution in [-0.4, -0.2) is 34.1 Å². The second-order valence-corrected chi connectivity index (χ2v) is 12.2. The van der Waals surface area contributed by atoms with Gasteiger partial charge in [0.1, 0.15) is 11.0 Å². The zero-order valence-corrected chi connectivity index (χ0v) is 26.7. The molecule has 7 nitrogen and oxygen atoms in total. The molecular weight excluding hydrogens is 615 g/mol. The number of rotatable bonds is 5. The van der Waals surface area contributed by atoms with E-state index in [1.807, 2.05) is 79.1 Å². The smallest absolute Gasteiger partial charge is 0.164 e. The fourth-order valence-corrected chi connectivity index (χ4v) is 7.01. The van der Waals surface area contributed by atoms with Gasteiger partial charge in [-0.05, 0) is 54.6 Å². The molecule has 0 spiro atoms. The Morgan fingerprint density at radius 1 is 0.360 bits per heavy atom. The van der Waals surface area contributed by atoms with E-state index in [0.29, 0.717) is 17.5 Å². The number of aromatic nitrogens is 7. The van der Waals surface area contributed by atoms with Gasteiger partial charge in [0, 0.05) is 51.2 Å². The molecule has 50 heavy (non-hydrogen) atoms. The molecular formula is C43H27N7. The van der Waals surface area contributed by atoms with Gasteiger partial charge in [-0.3, -0.25) is 9.97 Å². The third-order valence-electron chi connectivity index (χ3n) is 9.26. The molecule has 0 amide bonds. The molecule has 0 N–H and O–H groups in total. The van der Waals surface area contributed by atoms with Crippen LogP contribution in [0.15, 0.2) is 164 Å². The van der Waals surface area contributed by atoms with Gasteiger partial charge in [-0.2, -0.15) is 0 Å². The summed E-state index contributed by atoms with van der Waals surface area (Å²) in [5.74, 6) is 1.88. The van der Waals surface area contributed by atoms with Crippen LogP contribution in [0.1, 0.15) is 0 Å². The number of hydrogen-bond acceptors (Lipinski definition) is 5. The van der Waals surface area contributed by atoms with Gasteiger partial charge < -0.3 is 9.13 Å². The van der Waals surface area contributed by atoms with Gasteiger partial charge in [-0.25, -0.2) is 15.0 Å². The fraction of sp³-hybridized carbons (Fsp3) is 0. The van der Waals surface area contributed by atoms with E-state index < -0.39 is 0 Å². The number of fused-ring (bicyclic) bond motifs is 7. The molecule has 0 saturated heterocycles. The first-order valence-electron chi connectivity index (χ1n) is 16.5. The molecule has 0 atom stereocenters. The van der Waals surface area contributed by atoms with Crippen molar-refractivity contribution in [1.82, 2.24) is 34.1 Å². The first-order chi connectivity index (χ1) is 24.8. The number of nitrogens with zero attached hydrogens (tertiary/aromatic N) is 7. The Bertz CT molecular complexity index is 2780. The van der Waals surface area contributed by atoms with Crippen molar-refractivity contribution >= 4 is 43.9 Å². The third kappa shape index (κ3) is 4.41. The molecule has 0 aliphatic carbocycles. The lowest BCUT2D eigenvalue weighted by molar-refractivity contribution is 1.07. The first-order valence-corrected chi connectivity index (χ1v) is 16.5. The van der Waals surface area contributed by atoms with E-state index >= 15 is 0 Å². The van der Waals surface area contributed by atoms with Gasteiger partial charge in [0.15, 0.2) is 17.5 Å². The van der Waals surface area contributed by atoms with Crippen molar-refractivity contribution in [3.05, 3.63) is 164 Å². The van der Waals surface area contributed by atoms with E-state index in [0.717, 1.165) is 71.9 Å². The van der Waals surface area contributed by atoms with E-state index in [-0.39, 0.29) is 0 Å². The lowest BCUT2D eigenvalue weighted by Crippen LogP contribution is -2.01. The molecule has 5 heterocycles. The molecule has 0 aliphatic rings. The number of benzene rings is 5. The lowest BCUT2D eigenvalue weighted by atomic mass is 10.1. The van der Waals surface area contributed by atoms with Gasteiger partial charge in [0.05, 0.1) is 22.1 Å². The summed E-state index contributed by atoms with van der Waals surface area (Å²) < 4.78 is 4.63. The highest BCUT2D eigenvalue weighted by Gasteiger charge is 2.23. The van der Waals surface area contributed by atoms with Crippen molar-refractivity contribution in [2.45, 2.75) is 0 Å². The van der Waals surface area contributed by atoms with Crippen LogP contribution < -0.4 is 0 Å². The Balaban J connectivity index is 1.21. The highest BCUT2D eigenvalue weighted by atomic mass is 15.1. The third-order valence-corrected chi connectivity index (χ3v) is 9.26. The Morgan fingerprint density at radius 3 is 1.54 bits per heavy atom. The molecule has 234 valence electrons. The Hall–Kier alpha value is -6.99. The summed E-state index contributed by atoms with van der Waals surface area (Å²) >= 11 is 0. The fourth-order valence-electron chi connectivity index (χ4n) is 7.01. The molecule has 5 aromatic heterocycles. The zero-order chi connectivity index (χ0) is 33.0. The minimum atomic E-state index is 0.612. The molecule has 0 radical (unpaired) electrons. The van der Waals surface area contributed by atoms with Crippen LogP contribution in [0.25, 0.3) is 89.4 Å². The minimum absolute atomic E-state index is 0.612. The monoisotopic (exact) mass is 641 g/mol. The number of para-hydroxylation sites is 2. The van der Waals surface area contributed by atoms with Crippen LogP contribution in [0.4, 0.5) is 0 Å². The number of pyridine rings is 2. The summed E-state index contributed by atoms with van der Waals surface area (Å²) in [6, 6.07) is 51.7. The highest BCUT2D eigenvalue weighted by Crippen LogP contribution is 2.40. The van der Waals surface area contributed by atoms with Crippen molar-refractivity contribution in [3.8, 4) is 45.5 Å². The van der Waals surface area contributed by atoms with Gasteiger partial charge >= 0.3 is 0 Å². The van der Waals surface area contributed by atoms with Crippen molar-refractivity contribution in [3.63, 3.8) is 0 Å². The molecule has 0 aliphatic heterocycles. The van der Waals surface area contributed by atoms with Crippen molar-refractivity contribution in [1.29, 1.82) is 0 Å². The van der Waals surface area contributed by atoms with Crippen LogP contribution in [-0.2, 0) is 0 Å². The topological polar surface area (TPSA) is 74.3 Å². The van der Waals surface area contributed by atoms with Gasteiger partial charge in [0.2, 0.25) is 0 Å². The summed E-state index contributed by atoms with van der Waals surface area (Å²) in [5, 5.41) is 2.24. The molecule has 0 unspecified atom stereocenters. The predicted molar refractivity (Wildman–Crippen MR) is 200 cm³/mol. The van der Waals surface area contributed by atoms with E-state index in [1.54, 1.807) is 0 Å². The molecule has 0 saturated carbocycles. The average molecular weight is 642 g/mol. The van der Waals surface area contributed by atoms with Crippen LogP contribution in [0, 0.1) is 0 Å². The Labute approximate surface area is 286 Å². The Morgan fingerprint density at radius 2 is 0.880 bits per heavy atom. The summed E-state index contributed by atoms with van der Waals surface area (Å²) in [6.45, 7) is 0. The van der Waals surface area contributed by atoms with Crippen LogP contribution in [0.3, 0.4) is 0 Å². The van der Waals surface area contributed by atoms with Crippen LogP contribution >= 0.6 is 0 Å². The van der Waals surface area contributed by atoms with Gasteiger partial charge in [-0.15, -0.1) is 0 Å². The minimum Gasteiger partial charge on any atom is -0.307 e. The van der Waals surface area contributed by atoms with Crippen molar-refractivity contribution < 1.29 is 0 Å². The maximum Gasteiger partial charge on any atom is 0.164 e. The summed E-state index contributed by atoms with van der Waals surface area (Å²) in [7, 11) is 0. The molecule has 5 aromatic carbocycles. The van der Waals surface area contributed by atoms with Gasteiger partial charge in [0.25, 0.3) is 0 Å². The predicted octanol–water partition coefficient (Wildman–Crippen LogP) is 9.86. The molecule has 10 aromatic rings. The molecule has 0 fully saturated rings. The maximum atomic E-state index is 5.06. The second-order valence-electron chi connectivity index (χ2n) is 12.2. The number of hydrogen-bond donors (Lipinski definition) is 0. The van der Waals surface area contributed by atoms with E-state index in [4.69, 9.17) is 24.9 Å². The largest absolute Gasteiger partial charge is 0.307 e. The Kier molecular flexibility index (Phi) is 6.35. The highest BCUT2D eigenvalue weighted by molar-refractivity contribution is 6.21. The normalized spacial score (nSPS) is 11.6. The van der Waals surface area contributed by atoms with Crippen molar-refractivity contribution in [2.75, 3.05) is 0 Å². The van der Waals surface area contributed by atoms with Gasteiger partial charge in [-0.1, -0.05) is 97.1 Å². The van der Waals surface area contributed by atoms with E-state index in [9.17, 15) is 0 Å². The SMILES string of the molecule is c1ccc(-c2nc(-c3ccccc3)nc(-c3ccc(-n4c5cccnc5c5ncc6c7ccccc7n(-c7ccccc7)c6c54)cc3)n2)cc1. The van der Waals surface area contributed by atoms with Crippen LogP contribution in [0.2, 0.25) is 0 Å². The summed E-state index contributed by atoms with van der Waals surface area (Å²) in [5.41, 5.74) is 10.8. The summed E-state index contributed by atoms with van der Waals surface area (Å²) in [4.78, 5) is 24.7. The molecule has 0 bridgehead atoms. The molecule has 7 heteroatoms. The standard InChI is InChI=1S/C43H27N7/c1-4-13-28(14-5-1)41-46-42(29-15-6-2-7-16-29)48-43(47-41)30-22-24-32(25-23-30)50-36-21-12-26-44-37(36)38-40(50)39-34(27-45-38)33-19-10-11-20-35(33)49(39)31-17-8-3-9-18-31/h1-27H. The summed E-state index contributed by atoms with van der Waals surface area (Å²) in [6.07, 6.45) is 3.83.